The number of benzene rings is 1. The highest BCUT2D eigenvalue weighted by molar-refractivity contribution is 5.94. The minimum Gasteiger partial charge on any atom is -0.481 e. The number of nitrogens with one attached hydrogen (secondary N) is 4. The van der Waals surface area contributed by atoms with E-state index in [4.69, 9.17) is 22.3 Å². The molecule has 4 atom stereocenters. The first kappa shape index (κ1) is 33.5. The van der Waals surface area contributed by atoms with E-state index in [0.29, 0.717) is 0 Å². The molecule has 0 saturated carbocycles. The Balaban J connectivity index is 2.13. The van der Waals surface area contributed by atoms with Gasteiger partial charge in [0.15, 0.2) is 5.96 Å². The van der Waals surface area contributed by atoms with Gasteiger partial charge in [0.05, 0.1) is 6.04 Å². The number of hydrogen-bond donors (Lipinski definition) is 9. The number of hydrogen-bond acceptors (Lipinski definition) is 7. The van der Waals surface area contributed by atoms with Crippen molar-refractivity contribution >= 4 is 46.5 Å². The molecule has 15 heteroatoms. The summed E-state index contributed by atoms with van der Waals surface area (Å²) >= 11 is 0. The van der Waals surface area contributed by atoms with Crippen LogP contribution in [-0.2, 0) is 30.4 Å². The first-order valence-electron chi connectivity index (χ1n) is 13.5. The number of carbonyl (C=O) groups excluding carboxylic acids is 3. The van der Waals surface area contributed by atoms with Crippen molar-refractivity contribution in [3.8, 4) is 0 Å². The topological polar surface area (TPSA) is 268 Å². The summed E-state index contributed by atoms with van der Waals surface area (Å²) in [5.41, 5.74) is 18.6. The molecule has 3 amide bonds. The number of carboxylic acid groups (broad SMARTS) is 2. The Labute approximate surface area is 242 Å². The van der Waals surface area contributed by atoms with Crippen LogP contribution in [0.2, 0.25) is 0 Å². The Morgan fingerprint density at radius 2 is 1.60 bits per heavy atom. The number of rotatable bonds is 17. The van der Waals surface area contributed by atoms with Crippen LogP contribution in [-0.4, -0.2) is 81.5 Å². The van der Waals surface area contributed by atoms with Crippen molar-refractivity contribution in [1.29, 1.82) is 0 Å². The van der Waals surface area contributed by atoms with Crippen LogP contribution in [0.1, 0.15) is 45.1 Å². The molecule has 1 aromatic carbocycles. The first-order chi connectivity index (χ1) is 19.8. The average Bonchev–Trinajstić information content (AvgIpc) is 3.32. The van der Waals surface area contributed by atoms with Gasteiger partial charge in [-0.3, -0.25) is 24.2 Å². The van der Waals surface area contributed by atoms with Gasteiger partial charge in [-0.1, -0.05) is 32.0 Å². The molecule has 42 heavy (non-hydrogen) atoms. The van der Waals surface area contributed by atoms with Gasteiger partial charge in [-0.05, 0) is 43.2 Å². The maximum atomic E-state index is 13.3. The lowest BCUT2D eigenvalue weighted by Gasteiger charge is -2.27. The second-order valence-electron chi connectivity index (χ2n) is 10.2. The highest BCUT2D eigenvalue weighted by Gasteiger charge is 2.32. The smallest absolute Gasteiger partial charge is 0.326 e. The van der Waals surface area contributed by atoms with Gasteiger partial charge >= 0.3 is 11.9 Å². The number of para-hydroxylation sites is 1. The van der Waals surface area contributed by atoms with Crippen LogP contribution in [0.4, 0.5) is 0 Å². The van der Waals surface area contributed by atoms with E-state index in [2.05, 4.69) is 25.9 Å². The average molecular weight is 589 g/mol. The molecule has 0 aliphatic rings. The van der Waals surface area contributed by atoms with Gasteiger partial charge in [0.25, 0.3) is 0 Å². The quantitative estimate of drug-likeness (QED) is 0.0627. The SMILES string of the molecule is CC(C)C(NC(=O)C(N)Cc1c[nH]c2ccccc12)C(=O)NC(CCCN=C(N)N)C(=O)NC(CCC(=O)O)C(=O)O. The Kier molecular flexibility index (Phi) is 12.7. The molecule has 0 fully saturated rings. The van der Waals surface area contributed by atoms with Crippen LogP contribution in [0.25, 0.3) is 10.9 Å². The summed E-state index contributed by atoms with van der Waals surface area (Å²) < 4.78 is 0. The van der Waals surface area contributed by atoms with Crippen molar-refractivity contribution in [2.75, 3.05) is 6.54 Å². The number of nitrogens with zero attached hydrogens (tertiary/aromatic N) is 1. The normalized spacial score (nSPS) is 13.9. The van der Waals surface area contributed by atoms with Crippen molar-refractivity contribution in [2.45, 2.75) is 70.1 Å². The van der Waals surface area contributed by atoms with Gasteiger partial charge < -0.3 is 48.3 Å². The predicted octanol–water partition coefficient (Wildman–Crippen LogP) is -0.849. The van der Waals surface area contributed by atoms with E-state index in [9.17, 15) is 29.1 Å². The standard InChI is InChI=1S/C27H40N8O7/c1-14(2)22(35-23(38)17(28)12-15-13-32-18-7-4-3-6-16(15)18)25(40)33-19(8-5-11-31-27(29)30)24(39)34-20(26(41)42)9-10-21(36)37/h3-4,6-7,13-14,17,19-20,22,32H,5,8-12,28H2,1-2H3,(H,33,40)(H,34,39)(H,35,38)(H,36,37)(H,41,42)(H4,29,30,31). The van der Waals surface area contributed by atoms with Crippen LogP contribution in [0.3, 0.4) is 0 Å². The lowest BCUT2D eigenvalue weighted by Crippen LogP contribution is -2.58. The Morgan fingerprint density at radius 3 is 2.21 bits per heavy atom. The Bertz CT molecular complexity index is 1290. The molecular weight excluding hydrogens is 548 g/mol. The molecule has 1 heterocycles. The number of carboxylic acids is 2. The number of carbonyl (C=O) groups is 5. The third-order valence-electron chi connectivity index (χ3n) is 6.54. The zero-order valence-electron chi connectivity index (χ0n) is 23.6. The second kappa shape index (κ2) is 16.0. The van der Waals surface area contributed by atoms with Crippen molar-refractivity contribution in [1.82, 2.24) is 20.9 Å². The molecule has 0 radical (unpaired) electrons. The molecule has 0 spiro atoms. The number of guanidine groups is 1. The molecular formula is C27H40N8O7. The summed E-state index contributed by atoms with van der Waals surface area (Å²) in [7, 11) is 0. The first-order valence-corrected chi connectivity index (χ1v) is 13.5. The number of aromatic amines is 1. The largest absolute Gasteiger partial charge is 0.481 e. The number of H-pyrrole nitrogens is 1. The van der Waals surface area contributed by atoms with Crippen molar-refractivity contribution in [2.24, 2.45) is 28.1 Å². The lowest BCUT2D eigenvalue weighted by atomic mass is 10.00. The highest BCUT2D eigenvalue weighted by Crippen LogP contribution is 2.19. The molecule has 0 saturated heterocycles. The summed E-state index contributed by atoms with van der Waals surface area (Å²) in [5, 5.41) is 26.8. The van der Waals surface area contributed by atoms with E-state index in [0.717, 1.165) is 16.5 Å². The van der Waals surface area contributed by atoms with Crippen LogP contribution >= 0.6 is 0 Å². The zero-order chi connectivity index (χ0) is 31.4. The number of amides is 3. The van der Waals surface area contributed by atoms with Gasteiger partial charge in [0.1, 0.15) is 18.1 Å². The Hall–Kier alpha value is -4.66. The van der Waals surface area contributed by atoms with E-state index in [1.165, 1.54) is 0 Å². The third-order valence-corrected chi connectivity index (χ3v) is 6.54. The molecule has 12 N–H and O–H groups in total. The maximum Gasteiger partial charge on any atom is 0.326 e. The van der Waals surface area contributed by atoms with Gasteiger partial charge in [-0.2, -0.15) is 0 Å². The van der Waals surface area contributed by atoms with E-state index >= 15 is 0 Å². The van der Waals surface area contributed by atoms with E-state index in [1.807, 2.05) is 24.3 Å². The summed E-state index contributed by atoms with van der Waals surface area (Å²) in [6.45, 7) is 3.54. The number of aliphatic imine (C=N–C) groups is 1. The van der Waals surface area contributed by atoms with Gasteiger partial charge in [-0.15, -0.1) is 0 Å². The van der Waals surface area contributed by atoms with Gasteiger partial charge in [-0.25, -0.2) is 4.79 Å². The Morgan fingerprint density at radius 1 is 0.929 bits per heavy atom. The predicted molar refractivity (Wildman–Crippen MR) is 155 cm³/mol. The molecule has 0 aliphatic carbocycles. The zero-order valence-corrected chi connectivity index (χ0v) is 23.6. The lowest BCUT2D eigenvalue weighted by molar-refractivity contribution is -0.143. The van der Waals surface area contributed by atoms with Crippen LogP contribution in [0, 0.1) is 5.92 Å². The van der Waals surface area contributed by atoms with E-state index in [-0.39, 0.29) is 38.2 Å². The molecule has 15 nitrogen and oxygen atoms in total. The maximum absolute atomic E-state index is 13.3. The third kappa shape index (κ3) is 10.4. The highest BCUT2D eigenvalue weighted by atomic mass is 16.4. The van der Waals surface area contributed by atoms with Crippen molar-refractivity contribution < 1.29 is 34.2 Å². The molecule has 2 rings (SSSR count). The van der Waals surface area contributed by atoms with Gasteiger partial charge in [0.2, 0.25) is 17.7 Å². The molecule has 2 aromatic rings. The van der Waals surface area contributed by atoms with Crippen LogP contribution in [0.15, 0.2) is 35.5 Å². The second-order valence-corrected chi connectivity index (χ2v) is 10.2. The minimum atomic E-state index is -1.49. The number of fused-ring (bicyclic) bond motifs is 1. The summed E-state index contributed by atoms with van der Waals surface area (Å²) in [6, 6.07) is 2.81. The summed E-state index contributed by atoms with van der Waals surface area (Å²) in [5.74, 6) is -5.30. The monoisotopic (exact) mass is 588 g/mol. The van der Waals surface area contributed by atoms with E-state index in [1.54, 1.807) is 20.0 Å². The summed E-state index contributed by atoms with van der Waals surface area (Å²) in [4.78, 5) is 68.8. The van der Waals surface area contributed by atoms with Crippen LogP contribution < -0.4 is 33.2 Å². The van der Waals surface area contributed by atoms with Gasteiger partial charge in [0, 0.05) is 30.1 Å². The molecule has 0 bridgehead atoms. The minimum absolute atomic E-state index is 0.0263. The van der Waals surface area contributed by atoms with E-state index < -0.39 is 66.2 Å². The fraction of sp³-hybridized carbons (Fsp3) is 0.481. The van der Waals surface area contributed by atoms with Crippen molar-refractivity contribution in [3.63, 3.8) is 0 Å². The summed E-state index contributed by atoms with van der Waals surface area (Å²) in [6.07, 6.45) is 1.42. The fourth-order valence-corrected chi connectivity index (χ4v) is 4.26. The number of aromatic nitrogens is 1. The molecule has 230 valence electrons. The molecule has 1 aromatic heterocycles. The number of aliphatic carboxylic acids is 2. The number of nitrogens with two attached hydrogens (primary N) is 3. The fourth-order valence-electron chi connectivity index (χ4n) is 4.26. The molecule has 4 unspecified atom stereocenters. The van der Waals surface area contributed by atoms with Crippen LogP contribution in [0.5, 0.6) is 0 Å². The molecule has 0 aliphatic heterocycles. The van der Waals surface area contributed by atoms with Crippen molar-refractivity contribution in [3.05, 3.63) is 36.0 Å².